The summed E-state index contributed by atoms with van der Waals surface area (Å²) in [4.78, 5) is 11.4. The number of benzene rings is 1. The lowest BCUT2D eigenvalue weighted by Gasteiger charge is -2.36. The number of alkyl halides is 1. The number of hydrogen-bond acceptors (Lipinski definition) is 3. The summed E-state index contributed by atoms with van der Waals surface area (Å²) in [6, 6.07) is 7.31. The summed E-state index contributed by atoms with van der Waals surface area (Å²) < 4.78 is 5.22. The van der Waals surface area contributed by atoms with Crippen LogP contribution >= 0.6 is 31.9 Å². The molecule has 0 saturated heterocycles. The van der Waals surface area contributed by atoms with Gasteiger partial charge in [-0.25, -0.2) is 0 Å². The molecule has 0 spiro atoms. The SMILES string of the molecule is COc1ccccc1C1(Br)C=C(Br)C=CC1C(=O)[O-]. The van der Waals surface area contributed by atoms with Crippen LogP contribution in [0, 0.1) is 5.92 Å². The van der Waals surface area contributed by atoms with E-state index in [0.29, 0.717) is 5.75 Å². The molecule has 2 rings (SSSR count). The van der Waals surface area contributed by atoms with E-state index >= 15 is 0 Å². The number of halogens is 2. The zero-order valence-electron chi connectivity index (χ0n) is 10.1. The second-order valence-electron chi connectivity index (χ2n) is 4.15. The van der Waals surface area contributed by atoms with E-state index in [1.165, 1.54) is 0 Å². The zero-order valence-corrected chi connectivity index (χ0v) is 13.3. The third-order valence-corrected chi connectivity index (χ3v) is 4.66. The molecule has 0 amide bonds. The molecule has 0 radical (unpaired) electrons. The van der Waals surface area contributed by atoms with Crippen molar-refractivity contribution >= 4 is 37.8 Å². The third-order valence-electron chi connectivity index (χ3n) is 3.02. The van der Waals surface area contributed by atoms with E-state index in [1.807, 2.05) is 18.2 Å². The smallest absolute Gasteiger partial charge is 0.123 e. The number of carbonyl (C=O) groups excluding carboxylic acids is 1. The van der Waals surface area contributed by atoms with E-state index < -0.39 is 16.2 Å². The van der Waals surface area contributed by atoms with E-state index in [9.17, 15) is 9.90 Å². The predicted molar refractivity (Wildman–Crippen MR) is 78.2 cm³/mol. The Morgan fingerprint density at radius 3 is 2.74 bits per heavy atom. The summed E-state index contributed by atoms with van der Waals surface area (Å²) in [5, 5.41) is 11.4. The van der Waals surface area contributed by atoms with E-state index in [-0.39, 0.29) is 0 Å². The number of carboxylic acids is 1. The van der Waals surface area contributed by atoms with Gasteiger partial charge in [-0.1, -0.05) is 62.2 Å². The van der Waals surface area contributed by atoms with Crippen LogP contribution in [-0.2, 0) is 9.12 Å². The van der Waals surface area contributed by atoms with Crippen LogP contribution in [0.2, 0.25) is 0 Å². The minimum Gasteiger partial charge on any atom is -0.549 e. The third kappa shape index (κ3) is 2.62. The standard InChI is InChI=1S/C14H12Br2O3/c1-19-12-5-3-2-4-10(12)14(16)8-9(15)6-7-11(14)13(17)18/h2-8,11H,1H3,(H,17,18)/p-1. The van der Waals surface area contributed by atoms with Crippen molar-refractivity contribution < 1.29 is 14.6 Å². The lowest BCUT2D eigenvalue weighted by Crippen LogP contribution is -2.41. The van der Waals surface area contributed by atoms with Gasteiger partial charge in [0, 0.05) is 16.0 Å². The molecule has 1 aliphatic rings. The average molecular weight is 387 g/mol. The number of hydrogen-bond donors (Lipinski definition) is 0. The number of aliphatic carboxylic acids is 1. The number of allylic oxidation sites excluding steroid dienone is 3. The Labute approximate surface area is 128 Å². The van der Waals surface area contributed by atoms with Crippen molar-refractivity contribution in [3.8, 4) is 5.75 Å². The summed E-state index contributed by atoms with van der Waals surface area (Å²) >= 11 is 6.92. The zero-order chi connectivity index (χ0) is 14.0. The Balaban J connectivity index is 2.61. The lowest BCUT2D eigenvalue weighted by molar-refractivity contribution is -0.310. The summed E-state index contributed by atoms with van der Waals surface area (Å²) in [7, 11) is 1.56. The Kier molecular flexibility index (Phi) is 4.16. The first-order valence-corrected chi connectivity index (χ1v) is 7.17. The minimum atomic E-state index is -1.14. The Bertz CT molecular complexity index is 566. The van der Waals surface area contributed by atoms with Gasteiger partial charge in [0.2, 0.25) is 0 Å². The molecule has 0 aromatic heterocycles. The maximum absolute atomic E-state index is 11.4. The van der Waals surface area contributed by atoms with E-state index in [4.69, 9.17) is 4.74 Å². The van der Waals surface area contributed by atoms with Crippen LogP contribution in [0.1, 0.15) is 5.56 Å². The molecule has 1 aliphatic carbocycles. The van der Waals surface area contributed by atoms with Crippen LogP contribution in [0.5, 0.6) is 5.75 Å². The Hall–Kier alpha value is -1.07. The van der Waals surface area contributed by atoms with Gasteiger partial charge in [-0.2, -0.15) is 0 Å². The number of methoxy groups -OCH3 is 1. The largest absolute Gasteiger partial charge is 0.549 e. The van der Waals surface area contributed by atoms with Crippen LogP contribution in [0.3, 0.4) is 0 Å². The fourth-order valence-electron chi connectivity index (χ4n) is 2.12. The second kappa shape index (κ2) is 5.51. The maximum atomic E-state index is 11.4. The lowest BCUT2D eigenvalue weighted by atomic mass is 9.82. The van der Waals surface area contributed by atoms with Crippen molar-refractivity contribution in [1.82, 2.24) is 0 Å². The molecule has 1 aromatic rings. The van der Waals surface area contributed by atoms with Gasteiger partial charge in [0.15, 0.2) is 0 Å². The molecule has 0 fully saturated rings. The first kappa shape index (κ1) is 14.3. The van der Waals surface area contributed by atoms with Crippen LogP contribution in [0.15, 0.2) is 47.0 Å². The number of carbonyl (C=O) groups is 1. The maximum Gasteiger partial charge on any atom is 0.123 e. The molecule has 2 unspecified atom stereocenters. The molecule has 5 heteroatoms. The monoisotopic (exact) mass is 385 g/mol. The molecule has 0 N–H and O–H groups in total. The molecule has 19 heavy (non-hydrogen) atoms. The highest BCUT2D eigenvalue weighted by atomic mass is 79.9. The van der Waals surface area contributed by atoms with Crippen molar-refractivity contribution in [3.63, 3.8) is 0 Å². The predicted octanol–water partition coefficient (Wildman–Crippen LogP) is 2.50. The van der Waals surface area contributed by atoms with Crippen molar-refractivity contribution in [2.45, 2.75) is 4.32 Å². The molecular formula is C14H11Br2O3-. The molecule has 0 heterocycles. The topological polar surface area (TPSA) is 49.4 Å². The summed E-state index contributed by atoms with van der Waals surface area (Å²) in [6.07, 6.45) is 5.10. The highest BCUT2D eigenvalue weighted by molar-refractivity contribution is 9.12. The normalized spacial score (nSPS) is 25.8. The van der Waals surface area contributed by atoms with Gasteiger partial charge in [-0.3, -0.25) is 0 Å². The molecule has 1 aromatic carbocycles. The molecule has 0 bridgehead atoms. The Morgan fingerprint density at radius 1 is 1.42 bits per heavy atom. The van der Waals surface area contributed by atoms with Gasteiger partial charge in [0.1, 0.15) is 5.75 Å². The van der Waals surface area contributed by atoms with E-state index in [1.54, 1.807) is 31.4 Å². The number of rotatable bonds is 3. The van der Waals surface area contributed by atoms with E-state index in [0.717, 1.165) is 10.0 Å². The summed E-state index contributed by atoms with van der Waals surface area (Å²) in [5.41, 5.74) is 0.744. The second-order valence-corrected chi connectivity index (χ2v) is 6.38. The van der Waals surface area contributed by atoms with Crippen molar-refractivity contribution in [2.75, 3.05) is 7.11 Å². The number of carboxylic acid groups (broad SMARTS) is 1. The molecule has 0 saturated carbocycles. The van der Waals surface area contributed by atoms with Gasteiger partial charge in [-0.05, 0) is 12.1 Å². The van der Waals surface area contributed by atoms with Crippen molar-refractivity contribution in [2.24, 2.45) is 5.92 Å². The molecule has 2 atom stereocenters. The fraction of sp³-hybridized carbons (Fsp3) is 0.214. The fourth-order valence-corrected chi connectivity index (χ4v) is 3.86. The van der Waals surface area contributed by atoms with Crippen LogP contribution in [-0.4, -0.2) is 13.1 Å². The van der Waals surface area contributed by atoms with Crippen LogP contribution < -0.4 is 9.84 Å². The molecular weight excluding hydrogens is 376 g/mol. The number of ether oxygens (including phenoxy) is 1. The highest BCUT2D eigenvalue weighted by Gasteiger charge is 2.39. The van der Waals surface area contributed by atoms with Crippen molar-refractivity contribution in [3.05, 3.63) is 52.5 Å². The van der Waals surface area contributed by atoms with Crippen molar-refractivity contribution in [1.29, 1.82) is 0 Å². The van der Waals surface area contributed by atoms with Gasteiger partial charge < -0.3 is 14.6 Å². The summed E-state index contributed by atoms with van der Waals surface area (Å²) in [6.45, 7) is 0. The van der Waals surface area contributed by atoms with Gasteiger partial charge in [0.05, 0.1) is 17.4 Å². The van der Waals surface area contributed by atoms with E-state index in [2.05, 4.69) is 31.9 Å². The van der Waals surface area contributed by atoms with Gasteiger partial charge in [0.25, 0.3) is 0 Å². The quantitative estimate of drug-likeness (QED) is 0.750. The molecule has 0 aliphatic heterocycles. The van der Waals surface area contributed by atoms with Crippen LogP contribution in [0.4, 0.5) is 0 Å². The Morgan fingerprint density at radius 2 is 2.11 bits per heavy atom. The van der Waals surface area contributed by atoms with Crippen LogP contribution in [0.25, 0.3) is 0 Å². The first-order chi connectivity index (χ1) is 8.99. The summed E-state index contributed by atoms with van der Waals surface area (Å²) in [5.74, 6) is -1.34. The first-order valence-electron chi connectivity index (χ1n) is 5.59. The number of para-hydroxylation sites is 1. The highest BCUT2D eigenvalue weighted by Crippen LogP contribution is 2.48. The van der Waals surface area contributed by atoms with Gasteiger partial charge in [-0.15, -0.1) is 0 Å². The minimum absolute atomic E-state index is 0.623. The molecule has 3 nitrogen and oxygen atoms in total. The average Bonchev–Trinajstić information content (AvgIpc) is 2.38. The molecule has 100 valence electrons. The van der Waals surface area contributed by atoms with Gasteiger partial charge >= 0.3 is 0 Å².